The van der Waals surface area contributed by atoms with Crippen molar-refractivity contribution in [1.82, 2.24) is 0 Å². The molecule has 1 aliphatic rings. The van der Waals surface area contributed by atoms with E-state index in [9.17, 15) is 9.59 Å². The topological polar surface area (TPSA) is 43.4 Å². The third-order valence-corrected chi connectivity index (χ3v) is 11.5. The molecule has 33 heavy (non-hydrogen) atoms. The average Bonchev–Trinajstić information content (AvgIpc) is 3.15. The van der Waals surface area contributed by atoms with E-state index in [2.05, 4.69) is 48.5 Å². The van der Waals surface area contributed by atoms with Crippen molar-refractivity contribution in [1.29, 1.82) is 0 Å². The van der Waals surface area contributed by atoms with Crippen LogP contribution >= 0.6 is 15.8 Å². The normalized spacial score (nSPS) is 18.0. The number of hydrogen-bond acceptors (Lipinski definition) is 3. The maximum atomic E-state index is 13.3. The minimum Gasteiger partial charge on any atom is -0.392 e. The number of carbonyl (C=O) groups excluding carboxylic acids is 2. The van der Waals surface area contributed by atoms with E-state index in [-0.39, 0.29) is 0 Å². The van der Waals surface area contributed by atoms with Crippen LogP contribution in [0.3, 0.4) is 0 Å². The zero-order valence-corrected chi connectivity index (χ0v) is 19.6. The molecule has 5 rings (SSSR count). The second kappa shape index (κ2) is 9.79. The SMILES string of the molecule is O=C1OC(=O)[C@H](P(c2ccccc2)c2ccccc2)[C@H]1P(c1ccccc1)c1ccccc1. The van der Waals surface area contributed by atoms with Crippen molar-refractivity contribution in [2.24, 2.45) is 0 Å². The van der Waals surface area contributed by atoms with E-state index < -0.39 is 39.1 Å². The van der Waals surface area contributed by atoms with Crippen molar-refractivity contribution in [2.45, 2.75) is 11.3 Å². The number of ether oxygens (including phenoxy) is 1. The molecule has 0 amide bonds. The third kappa shape index (κ3) is 4.40. The first-order valence-corrected chi connectivity index (χ1v) is 13.6. The summed E-state index contributed by atoms with van der Waals surface area (Å²) >= 11 is 0. The van der Waals surface area contributed by atoms with Crippen molar-refractivity contribution in [3.05, 3.63) is 121 Å². The van der Waals surface area contributed by atoms with Gasteiger partial charge in [-0.25, -0.2) is 0 Å². The highest BCUT2D eigenvalue weighted by molar-refractivity contribution is 7.78. The number of carbonyl (C=O) groups is 2. The second-order valence-electron chi connectivity index (χ2n) is 7.71. The van der Waals surface area contributed by atoms with Crippen molar-refractivity contribution in [3.63, 3.8) is 0 Å². The van der Waals surface area contributed by atoms with Crippen molar-refractivity contribution in [2.75, 3.05) is 0 Å². The van der Waals surface area contributed by atoms with Crippen molar-refractivity contribution in [3.8, 4) is 0 Å². The number of hydrogen-bond donors (Lipinski definition) is 0. The summed E-state index contributed by atoms with van der Waals surface area (Å²) in [6.45, 7) is 0. The molecule has 0 bridgehead atoms. The molecule has 0 aliphatic carbocycles. The first-order chi connectivity index (χ1) is 16.2. The maximum absolute atomic E-state index is 13.3. The molecule has 4 aromatic rings. The molecule has 0 spiro atoms. The van der Waals surface area contributed by atoms with Crippen LogP contribution in [0, 0.1) is 0 Å². The molecule has 1 aliphatic heterocycles. The Morgan fingerprint density at radius 3 is 0.909 bits per heavy atom. The lowest BCUT2D eigenvalue weighted by atomic mass is 10.3. The Kier molecular flexibility index (Phi) is 6.44. The standard InChI is InChI=1S/C28H22O3P2/c29-27-25(32(21-13-5-1-6-14-21)22-15-7-2-8-16-22)26(28(30)31-27)33(23-17-9-3-10-18-23)24-19-11-4-12-20-24/h1-20,25-26H/t25-,26-/m1/s1. The van der Waals surface area contributed by atoms with Crippen LogP contribution in [-0.4, -0.2) is 23.3 Å². The summed E-state index contributed by atoms with van der Waals surface area (Å²) in [5.74, 6) is -0.827. The van der Waals surface area contributed by atoms with Gasteiger partial charge in [0, 0.05) is 0 Å². The third-order valence-electron chi connectivity index (χ3n) is 5.68. The fourth-order valence-electron chi connectivity index (χ4n) is 4.27. The van der Waals surface area contributed by atoms with Gasteiger partial charge in [-0.2, -0.15) is 0 Å². The second-order valence-corrected chi connectivity index (χ2v) is 12.4. The molecule has 1 fully saturated rings. The fourth-order valence-corrected chi connectivity index (χ4v) is 10.3. The summed E-state index contributed by atoms with van der Waals surface area (Å²) in [4.78, 5) is 26.7. The lowest BCUT2D eigenvalue weighted by Crippen LogP contribution is -2.37. The summed E-state index contributed by atoms with van der Waals surface area (Å²) < 4.78 is 5.39. The van der Waals surface area contributed by atoms with Gasteiger partial charge >= 0.3 is 11.9 Å². The van der Waals surface area contributed by atoms with Crippen LogP contribution in [0.25, 0.3) is 0 Å². The molecule has 1 heterocycles. The molecule has 0 saturated carbocycles. The molecule has 3 nitrogen and oxygen atoms in total. The van der Waals surface area contributed by atoms with Gasteiger partial charge in [0.25, 0.3) is 0 Å². The molecular weight excluding hydrogens is 446 g/mol. The molecule has 1 saturated heterocycles. The maximum Gasteiger partial charge on any atom is 0.322 e. The summed E-state index contributed by atoms with van der Waals surface area (Å²) in [6, 6.07) is 40.2. The Labute approximate surface area is 195 Å². The molecular formula is C28H22O3P2. The van der Waals surface area contributed by atoms with Crippen LogP contribution < -0.4 is 21.2 Å². The minimum atomic E-state index is -1.15. The zero-order chi connectivity index (χ0) is 22.6. The Morgan fingerprint density at radius 1 is 0.424 bits per heavy atom. The number of rotatable bonds is 6. The van der Waals surface area contributed by atoms with Crippen molar-refractivity contribution < 1.29 is 14.3 Å². The molecule has 5 heteroatoms. The van der Waals surface area contributed by atoms with Crippen LogP contribution in [0.4, 0.5) is 0 Å². The van der Waals surface area contributed by atoms with E-state index in [1.54, 1.807) is 0 Å². The lowest BCUT2D eigenvalue weighted by molar-refractivity contribution is -0.151. The van der Waals surface area contributed by atoms with Crippen LogP contribution in [0.5, 0.6) is 0 Å². The number of esters is 2. The quantitative estimate of drug-likeness (QED) is 0.244. The van der Waals surface area contributed by atoms with E-state index in [1.165, 1.54) is 0 Å². The highest BCUT2D eigenvalue weighted by atomic mass is 31.1. The molecule has 0 aromatic heterocycles. The van der Waals surface area contributed by atoms with Gasteiger partial charge in [0.15, 0.2) is 0 Å². The van der Waals surface area contributed by atoms with E-state index in [4.69, 9.17) is 4.74 Å². The molecule has 0 N–H and O–H groups in total. The highest BCUT2D eigenvalue weighted by Crippen LogP contribution is 2.54. The predicted octanol–water partition coefficient (Wildman–Crippen LogP) is 4.07. The van der Waals surface area contributed by atoms with E-state index in [1.807, 2.05) is 72.8 Å². The smallest absolute Gasteiger partial charge is 0.322 e. The first kappa shape index (κ1) is 21.7. The summed E-state index contributed by atoms with van der Waals surface area (Å²) in [7, 11) is -2.30. The fraction of sp³-hybridized carbons (Fsp3) is 0.0714. The average molecular weight is 468 g/mol. The van der Waals surface area contributed by atoms with Gasteiger partial charge in [0.1, 0.15) is 11.3 Å². The molecule has 162 valence electrons. The van der Waals surface area contributed by atoms with Gasteiger partial charge in [-0.05, 0) is 37.1 Å². The Hall–Kier alpha value is -3.12. The van der Waals surface area contributed by atoms with Crippen LogP contribution in [-0.2, 0) is 14.3 Å². The van der Waals surface area contributed by atoms with E-state index in [0.29, 0.717) is 0 Å². The van der Waals surface area contributed by atoms with Gasteiger partial charge in [-0.1, -0.05) is 121 Å². The highest BCUT2D eigenvalue weighted by Gasteiger charge is 2.53. The summed E-state index contributed by atoms with van der Waals surface area (Å²) in [6.07, 6.45) is 0. The first-order valence-electron chi connectivity index (χ1n) is 10.8. The Balaban J connectivity index is 1.69. The number of benzene rings is 4. The van der Waals surface area contributed by atoms with Gasteiger partial charge in [-0.3, -0.25) is 9.59 Å². The van der Waals surface area contributed by atoms with Crippen molar-refractivity contribution >= 4 is 49.0 Å². The predicted molar refractivity (Wildman–Crippen MR) is 137 cm³/mol. The zero-order valence-electron chi connectivity index (χ0n) is 17.8. The van der Waals surface area contributed by atoms with E-state index in [0.717, 1.165) is 21.2 Å². The number of cyclic esters (lactones) is 2. The van der Waals surface area contributed by atoms with Gasteiger partial charge in [0.05, 0.1) is 0 Å². The van der Waals surface area contributed by atoms with Crippen LogP contribution in [0.2, 0.25) is 0 Å². The van der Waals surface area contributed by atoms with Crippen LogP contribution in [0.15, 0.2) is 121 Å². The molecule has 0 unspecified atom stereocenters. The summed E-state index contributed by atoms with van der Waals surface area (Å²) in [5.41, 5.74) is -1.10. The molecule has 4 aromatic carbocycles. The molecule has 2 atom stereocenters. The van der Waals surface area contributed by atoms with Gasteiger partial charge < -0.3 is 4.74 Å². The lowest BCUT2D eigenvalue weighted by Gasteiger charge is -2.31. The summed E-state index contributed by atoms with van der Waals surface area (Å²) in [5, 5.41) is 4.26. The van der Waals surface area contributed by atoms with Gasteiger partial charge in [-0.15, -0.1) is 0 Å². The van der Waals surface area contributed by atoms with Gasteiger partial charge in [0.2, 0.25) is 0 Å². The monoisotopic (exact) mass is 468 g/mol. The van der Waals surface area contributed by atoms with Crippen LogP contribution in [0.1, 0.15) is 0 Å². The Morgan fingerprint density at radius 2 is 0.667 bits per heavy atom. The van der Waals surface area contributed by atoms with E-state index >= 15 is 0 Å². The molecule has 0 radical (unpaired) electrons. The Bertz CT molecular complexity index is 1050. The largest absolute Gasteiger partial charge is 0.392 e. The minimum absolute atomic E-state index is 0.414.